The van der Waals surface area contributed by atoms with Gasteiger partial charge in [0, 0.05) is 58.9 Å². The predicted molar refractivity (Wildman–Crippen MR) is 100 cm³/mol. The first-order valence-electron chi connectivity index (χ1n) is 9.42. The summed E-state index contributed by atoms with van der Waals surface area (Å²) in [5, 5.41) is 0. The van der Waals surface area contributed by atoms with Gasteiger partial charge >= 0.3 is 0 Å². The number of pyridine rings is 1. The molecule has 1 amide bonds. The van der Waals surface area contributed by atoms with E-state index in [1.54, 1.807) is 0 Å². The van der Waals surface area contributed by atoms with Crippen molar-refractivity contribution in [1.82, 2.24) is 14.8 Å². The molecule has 2 aliphatic rings. The fourth-order valence-corrected chi connectivity index (χ4v) is 4.16. The summed E-state index contributed by atoms with van der Waals surface area (Å²) in [5.74, 6) is 1.91. The summed E-state index contributed by atoms with van der Waals surface area (Å²) in [4.78, 5) is 23.4. The molecule has 1 aromatic rings. The lowest BCUT2D eigenvalue weighted by Gasteiger charge is -2.47. The van der Waals surface area contributed by atoms with E-state index in [1.165, 1.54) is 5.56 Å². The number of rotatable bonds is 6. The average molecular weight is 345 g/mol. The SMILES string of the molecule is CN(C)c1ccc(CN2CC[C@@H]3[C@@H](CCC(=O)N3CCCN)C2)cn1. The topological polar surface area (TPSA) is 65.7 Å². The van der Waals surface area contributed by atoms with Crippen LogP contribution in [0.4, 0.5) is 5.82 Å². The first-order valence-corrected chi connectivity index (χ1v) is 9.42. The number of likely N-dealkylation sites (tertiary alicyclic amines) is 2. The Hall–Kier alpha value is -1.66. The molecule has 2 N–H and O–H groups in total. The number of anilines is 1. The number of piperidine rings is 2. The van der Waals surface area contributed by atoms with Crippen LogP contribution in [-0.4, -0.2) is 67.0 Å². The number of aromatic nitrogens is 1. The molecule has 1 aromatic heterocycles. The molecule has 138 valence electrons. The highest BCUT2D eigenvalue weighted by Crippen LogP contribution is 2.32. The van der Waals surface area contributed by atoms with Gasteiger partial charge in [-0.15, -0.1) is 0 Å². The van der Waals surface area contributed by atoms with Crippen LogP contribution in [0.15, 0.2) is 18.3 Å². The zero-order chi connectivity index (χ0) is 17.8. The minimum atomic E-state index is 0.326. The van der Waals surface area contributed by atoms with Gasteiger partial charge in [0.15, 0.2) is 0 Å². The zero-order valence-electron chi connectivity index (χ0n) is 15.5. The summed E-state index contributed by atoms with van der Waals surface area (Å²) in [6.07, 6.45) is 5.68. The monoisotopic (exact) mass is 345 g/mol. The Labute approximate surface area is 151 Å². The van der Waals surface area contributed by atoms with Crippen molar-refractivity contribution in [2.24, 2.45) is 11.7 Å². The summed E-state index contributed by atoms with van der Waals surface area (Å²) < 4.78 is 0. The maximum Gasteiger partial charge on any atom is 0.222 e. The lowest BCUT2D eigenvalue weighted by atomic mass is 9.83. The Balaban J connectivity index is 1.58. The standard InChI is InChI=1S/C19H31N5O/c1-22(2)18-6-4-15(12-21-18)13-23-11-8-17-16(14-23)5-7-19(25)24(17)10-3-9-20/h4,6,12,16-17H,3,5,7-11,13-14,20H2,1-2H3/t16-,17+/m0/s1. The lowest BCUT2D eigenvalue weighted by Crippen LogP contribution is -2.56. The van der Waals surface area contributed by atoms with Gasteiger partial charge in [-0.2, -0.15) is 0 Å². The van der Waals surface area contributed by atoms with E-state index in [0.717, 1.165) is 51.3 Å². The molecule has 0 aromatic carbocycles. The Morgan fingerprint density at radius 3 is 2.84 bits per heavy atom. The maximum atomic E-state index is 12.3. The number of amides is 1. The molecule has 3 heterocycles. The van der Waals surface area contributed by atoms with Crippen LogP contribution in [-0.2, 0) is 11.3 Å². The van der Waals surface area contributed by atoms with Gasteiger partial charge < -0.3 is 15.5 Å². The molecule has 2 atom stereocenters. The molecule has 3 rings (SSSR count). The van der Waals surface area contributed by atoms with Crippen LogP contribution in [0.3, 0.4) is 0 Å². The minimum absolute atomic E-state index is 0.326. The second-order valence-electron chi connectivity index (χ2n) is 7.54. The summed E-state index contributed by atoms with van der Waals surface area (Å²) >= 11 is 0. The van der Waals surface area contributed by atoms with Crippen LogP contribution in [0.25, 0.3) is 0 Å². The van der Waals surface area contributed by atoms with Crippen LogP contribution in [0.5, 0.6) is 0 Å². The third kappa shape index (κ3) is 4.30. The van der Waals surface area contributed by atoms with Gasteiger partial charge in [-0.25, -0.2) is 4.98 Å². The first-order chi connectivity index (χ1) is 12.1. The van der Waals surface area contributed by atoms with Gasteiger partial charge in [0.25, 0.3) is 0 Å². The van der Waals surface area contributed by atoms with Crippen molar-refractivity contribution in [3.8, 4) is 0 Å². The van der Waals surface area contributed by atoms with E-state index in [1.807, 2.05) is 25.2 Å². The van der Waals surface area contributed by atoms with Gasteiger partial charge in [0.2, 0.25) is 5.91 Å². The van der Waals surface area contributed by atoms with Crippen molar-refractivity contribution in [3.63, 3.8) is 0 Å². The van der Waals surface area contributed by atoms with Crippen molar-refractivity contribution in [3.05, 3.63) is 23.9 Å². The quantitative estimate of drug-likeness (QED) is 0.842. The zero-order valence-corrected chi connectivity index (χ0v) is 15.5. The molecule has 0 bridgehead atoms. The number of nitrogens with zero attached hydrogens (tertiary/aromatic N) is 4. The molecule has 2 saturated heterocycles. The summed E-state index contributed by atoms with van der Waals surface area (Å²) in [6, 6.07) is 4.67. The minimum Gasteiger partial charge on any atom is -0.363 e. The lowest BCUT2D eigenvalue weighted by molar-refractivity contribution is -0.141. The van der Waals surface area contributed by atoms with Crippen LogP contribution in [0.2, 0.25) is 0 Å². The summed E-state index contributed by atoms with van der Waals surface area (Å²) in [6.45, 7) is 4.55. The van der Waals surface area contributed by atoms with E-state index in [2.05, 4.69) is 26.9 Å². The first kappa shape index (κ1) is 18.1. The molecule has 0 saturated carbocycles. The van der Waals surface area contributed by atoms with E-state index < -0.39 is 0 Å². The van der Waals surface area contributed by atoms with Crippen LogP contribution >= 0.6 is 0 Å². The van der Waals surface area contributed by atoms with E-state index in [9.17, 15) is 4.79 Å². The van der Waals surface area contributed by atoms with Crippen LogP contribution < -0.4 is 10.6 Å². The Kier molecular flexibility index (Phi) is 5.91. The van der Waals surface area contributed by atoms with Crippen molar-refractivity contribution in [2.75, 3.05) is 45.2 Å². The normalized spacial score (nSPS) is 24.3. The molecule has 6 heteroatoms. The van der Waals surface area contributed by atoms with Crippen molar-refractivity contribution >= 4 is 11.7 Å². The van der Waals surface area contributed by atoms with E-state index in [-0.39, 0.29) is 0 Å². The maximum absolute atomic E-state index is 12.3. The molecule has 0 spiro atoms. The molecule has 6 nitrogen and oxygen atoms in total. The van der Waals surface area contributed by atoms with E-state index in [4.69, 9.17) is 5.73 Å². The van der Waals surface area contributed by atoms with Gasteiger partial charge in [0.1, 0.15) is 5.82 Å². The van der Waals surface area contributed by atoms with Gasteiger partial charge in [-0.3, -0.25) is 9.69 Å². The fraction of sp³-hybridized carbons (Fsp3) is 0.684. The van der Waals surface area contributed by atoms with E-state index in [0.29, 0.717) is 30.8 Å². The smallest absolute Gasteiger partial charge is 0.222 e. The molecule has 2 fully saturated rings. The highest BCUT2D eigenvalue weighted by Gasteiger charge is 2.38. The van der Waals surface area contributed by atoms with E-state index >= 15 is 0 Å². The second kappa shape index (κ2) is 8.15. The third-order valence-electron chi connectivity index (χ3n) is 5.50. The average Bonchev–Trinajstić information content (AvgIpc) is 2.61. The van der Waals surface area contributed by atoms with Crippen LogP contribution in [0.1, 0.15) is 31.2 Å². The molecule has 25 heavy (non-hydrogen) atoms. The molecular formula is C19H31N5O. The molecule has 0 unspecified atom stereocenters. The Bertz CT molecular complexity index is 574. The van der Waals surface area contributed by atoms with Gasteiger partial charge in [0.05, 0.1) is 0 Å². The highest BCUT2D eigenvalue weighted by atomic mass is 16.2. The van der Waals surface area contributed by atoms with Crippen molar-refractivity contribution < 1.29 is 4.79 Å². The second-order valence-corrected chi connectivity index (χ2v) is 7.54. The highest BCUT2D eigenvalue weighted by molar-refractivity contribution is 5.77. The largest absolute Gasteiger partial charge is 0.363 e. The number of hydrogen-bond donors (Lipinski definition) is 1. The molecular weight excluding hydrogens is 314 g/mol. The van der Waals surface area contributed by atoms with Crippen molar-refractivity contribution in [1.29, 1.82) is 0 Å². The fourth-order valence-electron chi connectivity index (χ4n) is 4.16. The number of fused-ring (bicyclic) bond motifs is 1. The number of carbonyl (C=O) groups is 1. The van der Waals surface area contributed by atoms with Gasteiger partial charge in [-0.1, -0.05) is 6.07 Å². The number of carbonyl (C=O) groups excluding carboxylic acids is 1. The van der Waals surface area contributed by atoms with Crippen LogP contribution in [0, 0.1) is 5.92 Å². The number of hydrogen-bond acceptors (Lipinski definition) is 5. The molecule has 2 aliphatic heterocycles. The third-order valence-corrected chi connectivity index (χ3v) is 5.50. The molecule has 0 aliphatic carbocycles. The Morgan fingerprint density at radius 1 is 1.32 bits per heavy atom. The summed E-state index contributed by atoms with van der Waals surface area (Å²) in [5.41, 5.74) is 6.90. The predicted octanol–water partition coefficient (Wildman–Crippen LogP) is 1.31. The van der Waals surface area contributed by atoms with Crippen molar-refractivity contribution in [2.45, 2.75) is 38.3 Å². The van der Waals surface area contributed by atoms with Gasteiger partial charge in [-0.05, 0) is 43.4 Å². The summed E-state index contributed by atoms with van der Waals surface area (Å²) in [7, 11) is 4.02. The Morgan fingerprint density at radius 2 is 2.16 bits per heavy atom. The number of nitrogens with two attached hydrogens (primary N) is 1. The molecule has 0 radical (unpaired) electrons.